The molecule has 0 heterocycles. The Balaban J connectivity index is -0.0000000961. The molecule has 196 valence electrons. The van der Waals surface area contributed by atoms with E-state index in [0.29, 0.717) is 24.1 Å². The van der Waals surface area contributed by atoms with E-state index in [2.05, 4.69) is 55.4 Å². The predicted molar refractivity (Wildman–Crippen MR) is 142 cm³/mol. The first kappa shape index (κ1) is 40.7. The first-order valence-corrected chi connectivity index (χ1v) is 12.2. The van der Waals surface area contributed by atoms with Crippen molar-refractivity contribution in [3.63, 3.8) is 0 Å². The molecule has 0 bridgehead atoms. The molecule has 6 nitrogen and oxygen atoms in total. The minimum atomic E-state index is -0.713. The minimum Gasteiger partial charge on any atom is -0.481 e. The SMILES string of the molecule is CC(C)CC(=O)O.CC(C)CC(N)=O.CC(C)CCC(=N)N.CCC(C)C.CCC(C)C. The van der Waals surface area contributed by atoms with Gasteiger partial charge in [-0.1, -0.05) is 95.9 Å². The van der Waals surface area contributed by atoms with Crippen LogP contribution in [0.2, 0.25) is 0 Å². The first-order valence-electron chi connectivity index (χ1n) is 12.2. The molecule has 32 heavy (non-hydrogen) atoms. The second-order valence-electron chi connectivity index (χ2n) is 10.1. The van der Waals surface area contributed by atoms with Crippen LogP contribution in [0.1, 0.15) is 122 Å². The van der Waals surface area contributed by atoms with E-state index in [1.807, 2.05) is 27.7 Å². The maximum atomic E-state index is 10.0. The van der Waals surface area contributed by atoms with E-state index in [0.717, 1.165) is 24.7 Å². The quantitative estimate of drug-likeness (QED) is 0.215. The molecule has 1 amide bonds. The normalized spacial score (nSPS) is 9.66. The molecule has 0 aliphatic heterocycles. The van der Waals surface area contributed by atoms with Crippen molar-refractivity contribution >= 4 is 17.7 Å². The summed E-state index contributed by atoms with van der Waals surface area (Å²) in [6, 6.07) is 0. The molecule has 0 aliphatic rings. The second-order valence-corrected chi connectivity index (χ2v) is 10.1. The van der Waals surface area contributed by atoms with E-state index < -0.39 is 5.97 Å². The van der Waals surface area contributed by atoms with E-state index in [4.69, 9.17) is 22.0 Å². The maximum Gasteiger partial charge on any atom is 0.303 e. The Morgan fingerprint density at radius 2 is 1.00 bits per heavy atom. The molecule has 0 radical (unpaired) electrons. The number of amidine groups is 1. The lowest BCUT2D eigenvalue weighted by atomic mass is 10.1. The molecule has 0 aliphatic carbocycles. The molecule has 0 aromatic heterocycles. The standard InChI is InChI=1S/C6H14N2.C5H11NO.C5H10O2.2C5H12/c1-5(2)3-4-6(7)8;2*1-4(2)3-5(6)7;2*1-4-5(2)3/h5H,3-4H2,1-2H3,(H3,7,8);4H,3H2,1-2H3,(H2,6,7);4H,3H2,1-2H3,(H,6,7);2*5H,4H2,1-3H3. The van der Waals surface area contributed by atoms with Gasteiger partial charge in [0.1, 0.15) is 0 Å². The van der Waals surface area contributed by atoms with Gasteiger partial charge in [0.15, 0.2) is 0 Å². The molecule has 0 saturated carbocycles. The van der Waals surface area contributed by atoms with Gasteiger partial charge in [-0.15, -0.1) is 0 Å². The second kappa shape index (κ2) is 29.4. The summed E-state index contributed by atoms with van der Waals surface area (Å²) in [5.74, 6) is 2.49. The van der Waals surface area contributed by atoms with Gasteiger partial charge in [-0.05, 0) is 36.0 Å². The van der Waals surface area contributed by atoms with Crippen LogP contribution < -0.4 is 11.5 Å². The fraction of sp³-hybridized carbons (Fsp3) is 0.885. The van der Waals surface area contributed by atoms with Gasteiger partial charge in [0.25, 0.3) is 0 Å². The largest absolute Gasteiger partial charge is 0.481 e. The van der Waals surface area contributed by atoms with Gasteiger partial charge in [-0.3, -0.25) is 15.0 Å². The number of hydrogen-bond acceptors (Lipinski definition) is 3. The Bertz CT molecular complexity index is 391. The number of primary amides is 1. The third-order valence-corrected chi connectivity index (χ3v) is 3.82. The highest BCUT2D eigenvalue weighted by Crippen LogP contribution is 2.01. The number of aliphatic carboxylic acids is 1. The number of carboxylic acids is 1. The fourth-order valence-corrected chi connectivity index (χ4v) is 1.20. The average Bonchev–Trinajstić information content (AvgIpc) is 2.59. The number of rotatable bonds is 9. The van der Waals surface area contributed by atoms with Crippen LogP contribution in [0, 0.1) is 35.0 Å². The third-order valence-electron chi connectivity index (χ3n) is 3.82. The Kier molecular flexibility index (Phi) is 37.4. The van der Waals surface area contributed by atoms with Crippen LogP contribution in [0.5, 0.6) is 0 Å². The number of nitrogens with one attached hydrogen (secondary N) is 1. The number of carboxylic acid groups (broad SMARTS) is 1. The predicted octanol–water partition coefficient (Wildman–Crippen LogP) is 7.10. The van der Waals surface area contributed by atoms with E-state index in [1.165, 1.54) is 12.8 Å². The van der Waals surface area contributed by atoms with Crippen molar-refractivity contribution in [3.05, 3.63) is 0 Å². The van der Waals surface area contributed by atoms with Crippen LogP contribution in [0.3, 0.4) is 0 Å². The van der Waals surface area contributed by atoms with E-state index in [9.17, 15) is 9.59 Å². The third kappa shape index (κ3) is 89.9. The first-order chi connectivity index (χ1) is 14.4. The number of carbonyl (C=O) groups is 2. The lowest BCUT2D eigenvalue weighted by molar-refractivity contribution is -0.137. The maximum absolute atomic E-state index is 10.0. The van der Waals surface area contributed by atoms with Gasteiger partial charge >= 0.3 is 5.97 Å². The number of hydrogen-bond donors (Lipinski definition) is 4. The highest BCUT2D eigenvalue weighted by molar-refractivity contribution is 5.76. The van der Waals surface area contributed by atoms with Gasteiger partial charge in [0.2, 0.25) is 5.91 Å². The van der Waals surface area contributed by atoms with Gasteiger partial charge in [-0.2, -0.15) is 0 Å². The van der Waals surface area contributed by atoms with Gasteiger partial charge in [0, 0.05) is 19.3 Å². The Hall–Kier alpha value is -1.59. The van der Waals surface area contributed by atoms with Gasteiger partial charge in [0.05, 0.1) is 5.84 Å². The average molecular weight is 462 g/mol. The minimum absolute atomic E-state index is 0.213. The molecule has 0 rings (SSSR count). The van der Waals surface area contributed by atoms with Crippen LogP contribution >= 0.6 is 0 Å². The molecule has 6 N–H and O–H groups in total. The lowest BCUT2D eigenvalue weighted by Gasteiger charge is -2.00. The molecule has 6 heteroatoms. The highest BCUT2D eigenvalue weighted by Gasteiger charge is 1.98. The van der Waals surface area contributed by atoms with Crippen molar-refractivity contribution in [1.82, 2.24) is 0 Å². The van der Waals surface area contributed by atoms with E-state index in [1.54, 1.807) is 0 Å². The van der Waals surface area contributed by atoms with Crippen LogP contribution in [0.4, 0.5) is 0 Å². The molecule has 0 saturated heterocycles. The smallest absolute Gasteiger partial charge is 0.303 e. The summed E-state index contributed by atoms with van der Waals surface area (Å²) in [5.41, 5.74) is 9.98. The van der Waals surface area contributed by atoms with Crippen LogP contribution in [0.25, 0.3) is 0 Å². The summed E-state index contributed by atoms with van der Waals surface area (Å²) in [7, 11) is 0. The van der Waals surface area contributed by atoms with Crippen molar-refractivity contribution < 1.29 is 14.7 Å². The number of nitrogens with two attached hydrogens (primary N) is 2. The summed E-state index contributed by atoms with van der Waals surface area (Å²) in [6.45, 7) is 25.2. The van der Waals surface area contributed by atoms with Crippen LogP contribution in [-0.2, 0) is 9.59 Å². The van der Waals surface area contributed by atoms with E-state index >= 15 is 0 Å². The van der Waals surface area contributed by atoms with Crippen molar-refractivity contribution in [3.8, 4) is 0 Å². The van der Waals surface area contributed by atoms with Gasteiger partial charge < -0.3 is 16.6 Å². The van der Waals surface area contributed by atoms with Crippen molar-refractivity contribution in [2.24, 2.45) is 41.1 Å². The summed E-state index contributed by atoms with van der Waals surface area (Å²) in [4.78, 5) is 19.8. The molecule has 0 unspecified atom stereocenters. The summed E-state index contributed by atoms with van der Waals surface area (Å²) in [5, 5.41) is 14.9. The molecule has 0 spiro atoms. The van der Waals surface area contributed by atoms with Crippen LogP contribution in [-0.4, -0.2) is 22.8 Å². The summed E-state index contributed by atoms with van der Waals surface area (Å²) in [6.07, 6.45) is 5.17. The monoisotopic (exact) mass is 461 g/mol. The molecular formula is C26H59N3O3. The summed E-state index contributed by atoms with van der Waals surface area (Å²) >= 11 is 0. The van der Waals surface area contributed by atoms with E-state index in [-0.39, 0.29) is 18.2 Å². The van der Waals surface area contributed by atoms with Crippen molar-refractivity contribution in [2.75, 3.05) is 0 Å². The fourth-order valence-electron chi connectivity index (χ4n) is 1.20. The number of amides is 1. The Labute approximate surface area is 200 Å². The van der Waals surface area contributed by atoms with Crippen molar-refractivity contribution in [2.45, 2.75) is 122 Å². The number of carbonyl (C=O) groups excluding carboxylic acids is 1. The van der Waals surface area contributed by atoms with Gasteiger partial charge in [-0.25, -0.2) is 0 Å². The molecule has 0 atom stereocenters. The highest BCUT2D eigenvalue weighted by atomic mass is 16.4. The Morgan fingerprint density at radius 1 is 0.688 bits per heavy atom. The zero-order valence-electron chi connectivity index (χ0n) is 23.5. The zero-order valence-corrected chi connectivity index (χ0v) is 23.5. The molecule has 0 aromatic rings. The molecular weight excluding hydrogens is 402 g/mol. The molecule has 0 aromatic carbocycles. The lowest BCUT2D eigenvalue weighted by Crippen LogP contribution is -2.12. The molecule has 0 fully saturated rings. The summed E-state index contributed by atoms with van der Waals surface area (Å²) < 4.78 is 0. The topological polar surface area (TPSA) is 130 Å². The van der Waals surface area contributed by atoms with Crippen molar-refractivity contribution in [1.29, 1.82) is 5.41 Å². The Morgan fingerprint density at radius 3 is 1.03 bits per heavy atom. The zero-order chi connectivity index (χ0) is 26.9. The van der Waals surface area contributed by atoms with Crippen LogP contribution in [0.15, 0.2) is 0 Å².